The van der Waals surface area contributed by atoms with E-state index in [1.807, 2.05) is 36.4 Å². The second-order valence-electron chi connectivity index (χ2n) is 11.7. The van der Waals surface area contributed by atoms with Crippen LogP contribution in [0.25, 0.3) is 11.8 Å². The van der Waals surface area contributed by atoms with Crippen molar-refractivity contribution in [2.24, 2.45) is 5.41 Å². The molecule has 266 valence electrons. The third-order valence-corrected chi connectivity index (χ3v) is 8.62. The summed E-state index contributed by atoms with van der Waals surface area (Å²) in [6.45, 7) is 3.61. The lowest BCUT2D eigenvalue weighted by molar-refractivity contribution is -0.170. The van der Waals surface area contributed by atoms with Crippen LogP contribution in [0, 0.1) is 5.41 Å². The predicted molar refractivity (Wildman–Crippen MR) is 173 cm³/mol. The zero-order valence-electron chi connectivity index (χ0n) is 27.6. The lowest BCUT2D eigenvalue weighted by Crippen LogP contribution is -2.70. The van der Waals surface area contributed by atoms with Crippen molar-refractivity contribution in [2.45, 2.75) is 83.7 Å². The van der Waals surface area contributed by atoms with E-state index in [0.29, 0.717) is 42.2 Å². The summed E-state index contributed by atoms with van der Waals surface area (Å²) in [6, 6.07) is 2.66. The number of rotatable bonds is 21. The Morgan fingerprint density at radius 2 is 1.53 bits per heavy atom. The maximum absolute atomic E-state index is 13.6. The largest absolute Gasteiger partial charge is 0.481 e. The van der Waals surface area contributed by atoms with Gasteiger partial charge in [0, 0.05) is 13.0 Å². The van der Waals surface area contributed by atoms with E-state index in [1.54, 1.807) is 10.9 Å². The Balaban J connectivity index is 1.58. The van der Waals surface area contributed by atoms with Crippen molar-refractivity contribution in [3.05, 3.63) is 47.8 Å². The Labute approximate surface area is 282 Å². The van der Waals surface area contributed by atoms with Crippen molar-refractivity contribution >= 4 is 41.8 Å². The smallest absolute Gasteiger partial charge is 0.335 e. The number of aromatic nitrogens is 3. The molecule has 0 saturated carbocycles. The van der Waals surface area contributed by atoms with Gasteiger partial charge in [-0.25, -0.2) is 28.9 Å². The van der Waals surface area contributed by atoms with Crippen molar-refractivity contribution in [1.29, 1.82) is 0 Å². The summed E-state index contributed by atoms with van der Waals surface area (Å²) >= 11 is 0. The molecule has 0 aliphatic carbocycles. The average molecular weight is 687 g/mol. The average Bonchev–Trinajstić information content (AvgIpc) is 3.55. The topological polar surface area (TPSA) is 212 Å². The van der Waals surface area contributed by atoms with Crippen LogP contribution in [0.3, 0.4) is 0 Å². The predicted octanol–water partition coefficient (Wildman–Crippen LogP) is 3.31. The van der Waals surface area contributed by atoms with Crippen LogP contribution < -0.4 is 5.32 Å². The van der Waals surface area contributed by atoms with Gasteiger partial charge in [0.1, 0.15) is 17.5 Å². The van der Waals surface area contributed by atoms with Crippen molar-refractivity contribution in [3.63, 3.8) is 0 Å². The molecule has 16 heteroatoms. The highest BCUT2D eigenvalue weighted by Crippen LogP contribution is 2.39. The molecule has 2 heterocycles. The molecule has 4 N–H and O–H groups in total. The molecule has 0 bridgehead atoms. The number of urea groups is 1. The summed E-state index contributed by atoms with van der Waals surface area (Å²) in [5.41, 5.74) is 0.607. The van der Waals surface area contributed by atoms with E-state index >= 15 is 0 Å². The number of barbiturate groups is 1. The van der Waals surface area contributed by atoms with Crippen LogP contribution >= 0.6 is 0 Å². The molecule has 2 aromatic rings. The molecule has 0 radical (unpaired) electrons. The molecule has 1 aliphatic rings. The van der Waals surface area contributed by atoms with Crippen LogP contribution in [0.5, 0.6) is 0 Å². The van der Waals surface area contributed by atoms with E-state index in [0.717, 1.165) is 16.9 Å². The molecule has 1 aliphatic heterocycles. The first-order valence-electron chi connectivity index (χ1n) is 16.2. The highest BCUT2D eigenvalue weighted by molar-refractivity contribution is 6.21. The van der Waals surface area contributed by atoms with Gasteiger partial charge in [-0.05, 0) is 75.6 Å². The normalized spacial score (nSPS) is 15.9. The summed E-state index contributed by atoms with van der Waals surface area (Å²) in [7, 11) is 0. The van der Waals surface area contributed by atoms with Gasteiger partial charge in [-0.3, -0.25) is 18.8 Å². The van der Waals surface area contributed by atoms with Gasteiger partial charge < -0.3 is 20.6 Å². The summed E-state index contributed by atoms with van der Waals surface area (Å²) in [5.74, 6) is -6.56. The molecule has 4 amide bonds. The minimum atomic E-state index is -1.89. The number of carboxylic acid groups (broad SMARTS) is 3. The molecule has 15 nitrogen and oxygen atoms in total. The molecular formula is C33H43FN6O9. The Morgan fingerprint density at radius 1 is 0.918 bits per heavy atom. The standard InChI is InChI=1S/C33H43FN6O9/c1-3-33(4-2)30(47)39(32(49)40(31(33)48)26(29(45)46)16-17-27(41)42)25(28(43)44)11-5-6-19-35-20-8-9-22-12-14-24(15-13-22)38-21-23(36-37-38)10-7-18-34/h8-9,12-15,21,25-26,35H,3-7,10-11,16-20H2,1-2H3,(H,41,42)(H,43,44)(H,45,46)/b9-8+/t25-,26-/m0/s1. The number of alkyl halides is 1. The Kier molecular flexibility index (Phi) is 14.1. The summed E-state index contributed by atoms with van der Waals surface area (Å²) in [6.07, 6.45) is 5.63. The molecule has 0 unspecified atom stereocenters. The molecule has 1 aromatic heterocycles. The summed E-state index contributed by atoms with van der Waals surface area (Å²) < 4.78 is 14.0. The number of carbonyl (C=O) groups is 6. The Bertz CT molecular complexity index is 1520. The van der Waals surface area contributed by atoms with Crippen molar-refractivity contribution in [3.8, 4) is 5.69 Å². The number of nitrogens with one attached hydrogen (secondary N) is 1. The van der Waals surface area contributed by atoms with Crippen LogP contribution in [0.15, 0.2) is 36.5 Å². The number of hydrogen-bond donors (Lipinski definition) is 4. The summed E-state index contributed by atoms with van der Waals surface area (Å²) in [4.78, 5) is 77.2. The van der Waals surface area contributed by atoms with Gasteiger partial charge >= 0.3 is 23.9 Å². The van der Waals surface area contributed by atoms with Gasteiger partial charge in [-0.2, -0.15) is 0 Å². The van der Waals surface area contributed by atoms with E-state index in [4.69, 9.17) is 5.11 Å². The Hall–Kier alpha value is -4.99. The number of halogens is 1. The molecule has 1 saturated heterocycles. The third kappa shape index (κ3) is 9.34. The van der Waals surface area contributed by atoms with Crippen LogP contribution in [0.4, 0.5) is 9.18 Å². The highest BCUT2D eigenvalue weighted by atomic mass is 19.1. The molecule has 1 fully saturated rings. The number of hydrogen-bond acceptors (Lipinski definition) is 9. The van der Waals surface area contributed by atoms with Gasteiger partial charge in [-0.1, -0.05) is 43.3 Å². The molecule has 3 rings (SSSR count). The van der Waals surface area contributed by atoms with Gasteiger partial charge in [0.15, 0.2) is 0 Å². The number of aryl methyl sites for hydroxylation is 1. The van der Waals surface area contributed by atoms with Crippen molar-refractivity contribution in [1.82, 2.24) is 30.1 Å². The zero-order valence-corrected chi connectivity index (χ0v) is 27.6. The number of amides is 4. The van der Waals surface area contributed by atoms with Gasteiger partial charge in [0.05, 0.1) is 24.3 Å². The summed E-state index contributed by atoms with van der Waals surface area (Å²) in [5, 5.41) is 40.3. The number of unbranched alkanes of at least 4 members (excludes halogenated alkanes) is 1. The first kappa shape index (κ1) is 38.5. The molecule has 2 atom stereocenters. The van der Waals surface area contributed by atoms with E-state index in [-0.39, 0.29) is 25.7 Å². The van der Waals surface area contributed by atoms with Crippen LogP contribution in [0.1, 0.15) is 76.5 Å². The molecule has 0 spiro atoms. The number of carbonyl (C=O) groups excluding carboxylic acids is 3. The molecule has 49 heavy (non-hydrogen) atoms. The van der Waals surface area contributed by atoms with Gasteiger partial charge in [0.25, 0.3) is 0 Å². The fourth-order valence-corrected chi connectivity index (χ4v) is 5.73. The fraction of sp³-hybridized carbons (Fsp3) is 0.515. The first-order chi connectivity index (χ1) is 23.4. The SMILES string of the molecule is CCC1(CC)C(=O)N([C@@H](CCCCNC/C=C/c2ccc(-n3cc(CCCF)nn3)cc2)C(=O)O)C(=O)N([C@@H](CCC(=O)O)C(=O)O)C1=O. The number of nitrogens with zero attached hydrogens (tertiary/aromatic N) is 5. The lowest BCUT2D eigenvalue weighted by Gasteiger charge is -2.46. The van der Waals surface area contributed by atoms with E-state index in [1.165, 1.54) is 13.8 Å². The maximum Gasteiger partial charge on any atom is 0.335 e. The van der Waals surface area contributed by atoms with Crippen LogP contribution in [-0.2, 0) is 30.4 Å². The van der Waals surface area contributed by atoms with Crippen molar-refractivity contribution in [2.75, 3.05) is 19.8 Å². The lowest BCUT2D eigenvalue weighted by atomic mass is 9.77. The van der Waals surface area contributed by atoms with Crippen molar-refractivity contribution < 1.29 is 48.5 Å². The number of carboxylic acids is 3. The van der Waals surface area contributed by atoms with E-state index in [9.17, 15) is 43.4 Å². The van der Waals surface area contributed by atoms with E-state index < -0.39 is 72.8 Å². The van der Waals surface area contributed by atoms with Crippen LogP contribution in [-0.4, -0.2) is 108 Å². The fourth-order valence-electron chi connectivity index (χ4n) is 5.73. The highest BCUT2D eigenvalue weighted by Gasteiger charge is 2.59. The Morgan fingerprint density at radius 3 is 2.08 bits per heavy atom. The second kappa shape index (κ2) is 18.0. The first-order valence-corrected chi connectivity index (χ1v) is 16.2. The minimum absolute atomic E-state index is 0.119. The minimum Gasteiger partial charge on any atom is -0.481 e. The third-order valence-electron chi connectivity index (χ3n) is 8.62. The second-order valence-corrected chi connectivity index (χ2v) is 11.7. The molecule has 1 aromatic carbocycles. The molecular weight excluding hydrogens is 643 g/mol. The number of benzene rings is 1. The monoisotopic (exact) mass is 686 g/mol. The number of aliphatic carboxylic acids is 3. The number of imide groups is 2. The van der Waals surface area contributed by atoms with Gasteiger partial charge in [0.2, 0.25) is 11.8 Å². The van der Waals surface area contributed by atoms with Crippen LogP contribution in [0.2, 0.25) is 0 Å². The van der Waals surface area contributed by atoms with E-state index in [2.05, 4.69) is 15.6 Å². The quantitative estimate of drug-likeness (QED) is 0.110. The van der Waals surface area contributed by atoms with Gasteiger partial charge in [-0.15, -0.1) is 5.10 Å². The zero-order chi connectivity index (χ0) is 36.1. The maximum atomic E-state index is 13.6.